The van der Waals surface area contributed by atoms with Crippen molar-refractivity contribution in [3.63, 3.8) is 0 Å². The first-order valence-corrected chi connectivity index (χ1v) is 8.44. The molecule has 0 radical (unpaired) electrons. The largest absolute Gasteiger partial charge is 0.508 e. The van der Waals surface area contributed by atoms with Gasteiger partial charge >= 0.3 is 0 Å². The summed E-state index contributed by atoms with van der Waals surface area (Å²) in [5, 5.41) is 18.1. The molecule has 1 fully saturated rings. The highest BCUT2D eigenvalue weighted by molar-refractivity contribution is 6.33. The normalized spacial score (nSPS) is 19.5. The quantitative estimate of drug-likeness (QED) is 0.809. The van der Waals surface area contributed by atoms with Gasteiger partial charge in [0.1, 0.15) is 11.5 Å². The third kappa shape index (κ3) is 3.46. The minimum absolute atomic E-state index is 0.107. The number of halogens is 1. The summed E-state index contributed by atoms with van der Waals surface area (Å²) in [6.07, 6.45) is 5.88. The lowest BCUT2D eigenvalue weighted by atomic mass is 10.1. The zero-order chi connectivity index (χ0) is 17.1. The molecule has 1 aromatic carbocycles. The number of benzene rings is 1. The summed E-state index contributed by atoms with van der Waals surface area (Å²) >= 11 is 6.19. The van der Waals surface area contributed by atoms with E-state index in [0.29, 0.717) is 28.8 Å². The molecule has 0 aromatic heterocycles. The third-order valence-corrected chi connectivity index (χ3v) is 4.30. The van der Waals surface area contributed by atoms with Crippen molar-refractivity contribution in [3.8, 4) is 5.75 Å². The predicted octanol–water partition coefficient (Wildman–Crippen LogP) is 4.05. The highest BCUT2D eigenvalue weighted by Crippen LogP contribution is 2.31. The first kappa shape index (κ1) is 16.6. The molecule has 0 saturated carbocycles. The molecule has 1 heterocycles. The van der Waals surface area contributed by atoms with E-state index in [1.807, 2.05) is 13.0 Å². The van der Waals surface area contributed by atoms with Crippen molar-refractivity contribution in [3.05, 3.63) is 46.8 Å². The van der Waals surface area contributed by atoms with E-state index in [-0.39, 0.29) is 5.75 Å². The lowest BCUT2D eigenvalue weighted by Gasteiger charge is -2.25. The summed E-state index contributed by atoms with van der Waals surface area (Å²) < 4.78 is 5.54. The van der Waals surface area contributed by atoms with Gasteiger partial charge in [-0.25, -0.2) is 4.99 Å². The summed E-state index contributed by atoms with van der Waals surface area (Å²) in [5.74, 6) is 0.615. The molecule has 0 bridgehead atoms. The number of aromatic hydroxyl groups is 1. The second kappa shape index (κ2) is 7.09. The Kier molecular flexibility index (Phi) is 4.90. The summed E-state index contributed by atoms with van der Waals surface area (Å²) in [7, 11) is 0. The fourth-order valence-electron chi connectivity index (χ4n) is 2.85. The van der Waals surface area contributed by atoms with Gasteiger partial charge in [-0.1, -0.05) is 11.6 Å². The van der Waals surface area contributed by atoms with Crippen molar-refractivity contribution in [2.45, 2.75) is 19.8 Å². The zero-order valence-electron chi connectivity index (χ0n) is 13.6. The molecule has 1 aliphatic carbocycles. The Labute approximate surface area is 146 Å². The van der Waals surface area contributed by atoms with Crippen molar-refractivity contribution in [1.82, 2.24) is 4.90 Å². The number of allylic oxidation sites excluding steroid dienone is 2. The molecular formula is C18H20ClN3O2. The summed E-state index contributed by atoms with van der Waals surface area (Å²) in [6, 6.07) is 4.71. The number of phenols is 1. The Bertz CT molecular complexity index is 747. The average Bonchev–Trinajstić information content (AvgIpc) is 3.07. The SMILES string of the molecule is CCOC1=C/C(=N\c2ccc(O)cc2Cl)C(N2CCCC2)=CC1=N. The molecule has 3 rings (SSSR count). The summed E-state index contributed by atoms with van der Waals surface area (Å²) in [6.45, 7) is 4.30. The second-order valence-electron chi connectivity index (χ2n) is 5.71. The van der Waals surface area contributed by atoms with E-state index in [0.717, 1.165) is 37.3 Å². The standard InChI is InChI=1S/C18H20ClN3O2/c1-2-24-18-11-16(21-15-6-5-12(23)9-13(15)19)17(10-14(18)20)22-7-3-4-8-22/h5-6,9-11,20,23H,2-4,7-8H2,1H3/b20-14?,21-16+. The number of rotatable bonds is 4. The maximum atomic E-state index is 9.50. The molecule has 24 heavy (non-hydrogen) atoms. The average molecular weight is 346 g/mol. The summed E-state index contributed by atoms with van der Waals surface area (Å²) in [5.41, 5.74) is 2.58. The number of hydrogen-bond acceptors (Lipinski definition) is 5. The Morgan fingerprint density at radius 3 is 2.71 bits per heavy atom. The number of ether oxygens (including phenoxy) is 1. The van der Waals surface area contributed by atoms with Gasteiger partial charge in [-0.2, -0.15) is 0 Å². The van der Waals surface area contributed by atoms with Gasteiger partial charge in [-0.3, -0.25) is 5.41 Å². The van der Waals surface area contributed by atoms with Crippen LogP contribution in [0.15, 0.2) is 46.8 Å². The zero-order valence-corrected chi connectivity index (χ0v) is 14.3. The Morgan fingerprint density at radius 2 is 2.04 bits per heavy atom. The fraction of sp³-hybridized carbons (Fsp3) is 0.333. The molecule has 126 valence electrons. The number of nitrogens with one attached hydrogen (secondary N) is 1. The molecule has 0 spiro atoms. The van der Waals surface area contributed by atoms with E-state index in [1.165, 1.54) is 6.07 Å². The number of aliphatic imine (C=N–C) groups is 1. The van der Waals surface area contributed by atoms with E-state index >= 15 is 0 Å². The lowest BCUT2D eigenvalue weighted by Crippen LogP contribution is -2.28. The molecule has 0 atom stereocenters. The van der Waals surface area contributed by atoms with Gasteiger partial charge in [-0.15, -0.1) is 0 Å². The minimum Gasteiger partial charge on any atom is -0.508 e. The molecule has 5 nitrogen and oxygen atoms in total. The highest BCUT2D eigenvalue weighted by atomic mass is 35.5. The molecule has 1 aromatic rings. The smallest absolute Gasteiger partial charge is 0.146 e. The Balaban J connectivity index is 2.02. The maximum Gasteiger partial charge on any atom is 0.146 e. The number of likely N-dealkylation sites (tertiary alicyclic amines) is 1. The van der Waals surface area contributed by atoms with Crippen LogP contribution in [0.5, 0.6) is 5.75 Å². The number of nitrogens with zero attached hydrogens (tertiary/aromatic N) is 2. The van der Waals surface area contributed by atoms with Gasteiger partial charge in [0.2, 0.25) is 0 Å². The molecule has 2 aliphatic rings. The van der Waals surface area contributed by atoms with Crippen molar-refractivity contribution in [1.29, 1.82) is 5.41 Å². The van der Waals surface area contributed by atoms with Crippen LogP contribution in [-0.4, -0.2) is 41.1 Å². The predicted molar refractivity (Wildman–Crippen MR) is 96.5 cm³/mol. The third-order valence-electron chi connectivity index (χ3n) is 4.00. The van der Waals surface area contributed by atoms with Crippen LogP contribution in [0.3, 0.4) is 0 Å². The van der Waals surface area contributed by atoms with E-state index in [9.17, 15) is 5.11 Å². The van der Waals surface area contributed by atoms with Gasteiger partial charge in [0, 0.05) is 25.2 Å². The van der Waals surface area contributed by atoms with Gasteiger partial charge in [0.25, 0.3) is 0 Å². The first-order chi connectivity index (χ1) is 11.6. The van der Waals surface area contributed by atoms with E-state index in [1.54, 1.807) is 18.2 Å². The van der Waals surface area contributed by atoms with Crippen molar-refractivity contribution in [2.24, 2.45) is 4.99 Å². The van der Waals surface area contributed by atoms with Crippen LogP contribution in [0.2, 0.25) is 5.02 Å². The van der Waals surface area contributed by atoms with Gasteiger partial charge < -0.3 is 14.7 Å². The molecule has 6 heteroatoms. The monoisotopic (exact) mass is 345 g/mol. The topological polar surface area (TPSA) is 68.9 Å². The van der Waals surface area contributed by atoms with Gasteiger partial charge in [0.15, 0.2) is 0 Å². The first-order valence-electron chi connectivity index (χ1n) is 8.06. The Hall–Kier alpha value is -2.27. The van der Waals surface area contributed by atoms with Crippen molar-refractivity contribution >= 4 is 28.7 Å². The number of phenolic OH excluding ortho intramolecular Hbond substituents is 1. The molecule has 1 aliphatic heterocycles. The maximum absolute atomic E-state index is 9.50. The van der Waals surface area contributed by atoms with Crippen LogP contribution in [0.1, 0.15) is 19.8 Å². The molecule has 0 amide bonds. The molecule has 2 N–H and O–H groups in total. The van der Waals surface area contributed by atoms with E-state index < -0.39 is 0 Å². The minimum atomic E-state index is 0.107. The molecule has 0 unspecified atom stereocenters. The lowest BCUT2D eigenvalue weighted by molar-refractivity contribution is 0.249. The Morgan fingerprint density at radius 1 is 1.29 bits per heavy atom. The van der Waals surface area contributed by atoms with Gasteiger partial charge in [0.05, 0.1) is 34.4 Å². The van der Waals surface area contributed by atoms with Crippen molar-refractivity contribution in [2.75, 3.05) is 19.7 Å². The molecular weight excluding hydrogens is 326 g/mol. The molecule has 1 saturated heterocycles. The van der Waals surface area contributed by atoms with Crippen LogP contribution in [0.4, 0.5) is 5.69 Å². The highest BCUT2D eigenvalue weighted by Gasteiger charge is 2.24. The van der Waals surface area contributed by atoms with Crippen molar-refractivity contribution < 1.29 is 9.84 Å². The van der Waals surface area contributed by atoms with Crippen LogP contribution in [-0.2, 0) is 4.74 Å². The van der Waals surface area contributed by atoms with E-state index in [2.05, 4.69) is 9.89 Å². The van der Waals surface area contributed by atoms with Crippen LogP contribution in [0, 0.1) is 5.41 Å². The number of hydrogen-bond donors (Lipinski definition) is 2. The van der Waals surface area contributed by atoms with Gasteiger partial charge in [-0.05, 0) is 38.0 Å². The van der Waals surface area contributed by atoms with Crippen LogP contribution in [0.25, 0.3) is 0 Å². The second-order valence-corrected chi connectivity index (χ2v) is 6.12. The van der Waals surface area contributed by atoms with Crippen LogP contribution < -0.4 is 0 Å². The summed E-state index contributed by atoms with van der Waals surface area (Å²) in [4.78, 5) is 6.90. The van der Waals surface area contributed by atoms with Crippen LogP contribution >= 0.6 is 11.6 Å². The van der Waals surface area contributed by atoms with E-state index in [4.69, 9.17) is 21.7 Å². The fourth-order valence-corrected chi connectivity index (χ4v) is 3.07.